The molecule has 10 heteroatoms. The molecule has 0 bridgehead atoms. The predicted molar refractivity (Wildman–Crippen MR) is 238 cm³/mol. The van der Waals surface area contributed by atoms with Crippen LogP contribution in [-0.4, -0.2) is 68.3 Å². The molecule has 0 radical (unpaired) electrons. The maximum absolute atomic E-state index is 12.7. The second-order valence-corrected chi connectivity index (χ2v) is 16.7. The fourth-order valence-electron chi connectivity index (χ4n) is 5.90. The lowest BCUT2D eigenvalue weighted by Gasteiger charge is -2.20. The highest BCUT2D eigenvalue weighted by atomic mass is 31.2. The summed E-state index contributed by atoms with van der Waals surface area (Å²) in [4.78, 5) is 37.0. The van der Waals surface area contributed by atoms with Gasteiger partial charge in [-0.3, -0.25) is 18.6 Å². The minimum Gasteiger partial charge on any atom is -0.462 e. The number of unbranched alkanes of at least 4 members (excludes halogenated alkanes) is 17. The predicted octanol–water partition coefficient (Wildman–Crippen LogP) is 13.1. The third-order valence-corrected chi connectivity index (χ3v) is 10.3. The van der Waals surface area contributed by atoms with E-state index in [0.717, 1.165) is 51.4 Å². The Kier molecular flexibility index (Phi) is 40.2. The second kappa shape index (κ2) is 41.9. The number of hydrogen-bond donors (Lipinski definition) is 1. The Morgan fingerprint density at radius 1 is 0.561 bits per heavy atom. The molecule has 2 unspecified atom stereocenters. The molecular formula is C47H84NO8P. The van der Waals surface area contributed by atoms with Crippen LogP contribution in [0.1, 0.15) is 181 Å². The number of phosphoric ester groups is 1. The Morgan fingerprint density at radius 2 is 1.00 bits per heavy atom. The summed E-state index contributed by atoms with van der Waals surface area (Å²) < 4.78 is 33.4. The summed E-state index contributed by atoms with van der Waals surface area (Å²) in [7, 11) is -0.738. The van der Waals surface area contributed by atoms with Crippen molar-refractivity contribution in [3.05, 3.63) is 60.8 Å². The van der Waals surface area contributed by atoms with Gasteiger partial charge in [-0.1, -0.05) is 177 Å². The molecule has 0 aliphatic rings. The normalized spacial score (nSPS) is 13.9. The van der Waals surface area contributed by atoms with E-state index in [2.05, 4.69) is 74.6 Å². The highest BCUT2D eigenvalue weighted by molar-refractivity contribution is 7.47. The lowest BCUT2D eigenvalue weighted by molar-refractivity contribution is -0.161. The fraction of sp³-hybridized carbons (Fsp3) is 0.745. The van der Waals surface area contributed by atoms with Crippen molar-refractivity contribution in [2.45, 2.75) is 187 Å². The molecule has 0 aromatic rings. The summed E-state index contributed by atoms with van der Waals surface area (Å²) in [6.07, 6.45) is 48.4. The lowest BCUT2D eigenvalue weighted by Crippen LogP contribution is -2.29. The van der Waals surface area contributed by atoms with Crippen LogP contribution in [0.2, 0.25) is 0 Å². The Morgan fingerprint density at radius 3 is 1.47 bits per heavy atom. The number of ether oxygens (including phenoxy) is 2. The smallest absolute Gasteiger partial charge is 0.462 e. The van der Waals surface area contributed by atoms with E-state index in [1.165, 1.54) is 89.9 Å². The van der Waals surface area contributed by atoms with E-state index < -0.39 is 32.5 Å². The molecule has 9 nitrogen and oxygen atoms in total. The van der Waals surface area contributed by atoms with Gasteiger partial charge in [0.2, 0.25) is 0 Å². The van der Waals surface area contributed by atoms with E-state index in [1.54, 1.807) is 0 Å². The van der Waals surface area contributed by atoms with E-state index in [1.807, 2.05) is 19.0 Å². The number of esters is 2. The standard InChI is InChI=1S/C47H84NO8P/c1-5-7-9-11-13-15-17-19-21-23-25-27-29-31-33-35-37-39-46(49)53-43-45(44-55-57(51,52)54-42-41-48(3)4)56-47(50)40-38-36-34-32-30-28-26-24-22-20-18-16-14-12-10-8-6-2/h7,9,13,15,19,21,25,27,31,33,45H,5-6,8,10-12,14,16-18,20,22-24,26,28-30,32,34-44H2,1-4H3,(H,51,52)/b9-7-,15-13-,21-19-,27-25-,33-31-. The molecule has 0 aromatic heterocycles. The zero-order chi connectivity index (χ0) is 41.9. The van der Waals surface area contributed by atoms with Gasteiger partial charge in [0.25, 0.3) is 0 Å². The van der Waals surface area contributed by atoms with Gasteiger partial charge in [-0.05, 0) is 65.5 Å². The van der Waals surface area contributed by atoms with Gasteiger partial charge in [0.1, 0.15) is 6.61 Å². The van der Waals surface area contributed by atoms with Crippen LogP contribution in [0, 0.1) is 0 Å². The number of rotatable bonds is 41. The number of likely N-dealkylation sites (N-methyl/N-ethyl adjacent to an activating group) is 1. The molecule has 0 aromatic carbocycles. The molecule has 2 atom stereocenters. The molecule has 330 valence electrons. The average molecular weight is 822 g/mol. The number of hydrogen-bond acceptors (Lipinski definition) is 8. The van der Waals surface area contributed by atoms with Gasteiger partial charge in [0.15, 0.2) is 6.10 Å². The Labute approximate surface area is 349 Å². The summed E-state index contributed by atoms with van der Waals surface area (Å²) in [5.41, 5.74) is 0. The molecule has 0 aliphatic carbocycles. The number of carbonyl (C=O) groups is 2. The third kappa shape index (κ3) is 43.1. The third-order valence-electron chi connectivity index (χ3n) is 9.34. The Balaban J connectivity index is 4.35. The van der Waals surface area contributed by atoms with E-state index in [0.29, 0.717) is 19.4 Å². The molecule has 0 spiro atoms. The summed E-state index contributed by atoms with van der Waals surface area (Å²) in [6, 6.07) is 0. The van der Waals surface area contributed by atoms with Gasteiger partial charge in [-0.15, -0.1) is 0 Å². The van der Waals surface area contributed by atoms with Gasteiger partial charge in [0, 0.05) is 19.4 Å². The Bertz CT molecular complexity index is 1130. The van der Waals surface area contributed by atoms with Crippen molar-refractivity contribution in [3.8, 4) is 0 Å². The van der Waals surface area contributed by atoms with E-state index >= 15 is 0 Å². The van der Waals surface area contributed by atoms with Crippen LogP contribution in [-0.2, 0) is 32.7 Å². The van der Waals surface area contributed by atoms with Crippen molar-refractivity contribution >= 4 is 19.8 Å². The first-order chi connectivity index (χ1) is 27.7. The summed E-state index contributed by atoms with van der Waals surface area (Å²) in [6.45, 7) is 4.15. The number of nitrogens with zero attached hydrogens (tertiary/aromatic N) is 1. The zero-order valence-corrected chi connectivity index (χ0v) is 37.7. The maximum Gasteiger partial charge on any atom is 0.472 e. The zero-order valence-electron chi connectivity index (χ0n) is 36.8. The fourth-order valence-corrected chi connectivity index (χ4v) is 6.64. The maximum atomic E-state index is 12.7. The van der Waals surface area contributed by atoms with Crippen LogP contribution < -0.4 is 0 Å². The molecule has 0 saturated carbocycles. The number of allylic oxidation sites excluding steroid dienone is 10. The summed E-state index contributed by atoms with van der Waals surface area (Å²) in [5.74, 6) is -0.869. The monoisotopic (exact) mass is 822 g/mol. The van der Waals surface area contributed by atoms with Crippen LogP contribution >= 0.6 is 7.82 Å². The van der Waals surface area contributed by atoms with Gasteiger partial charge >= 0.3 is 19.8 Å². The first-order valence-electron chi connectivity index (χ1n) is 22.6. The van der Waals surface area contributed by atoms with Crippen molar-refractivity contribution in [2.24, 2.45) is 0 Å². The van der Waals surface area contributed by atoms with Crippen LogP contribution in [0.25, 0.3) is 0 Å². The Hall–Kier alpha value is -2.29. The number of phosphoric acid groups is 1. The van der Waals surface area contributed by atoms with Crippen LogP contribution in [0.15, 0.2) is 60.8 Å². The summed E-state index contributed by atoms with van der Waals surface area (Å²) >= 11 is 0. The highest BCUT2D eigenvalue weighted by Gasteiger charge is 2.26. The van der Waals surface area contributed by atoms with Crippen LogP contribution in [0.3, 0.4) is 0 Å². The van der Waals surface area contributed by atoms with E-state index in [9.17, 15) is 19.0 Å². The molecule has 0 saturated heterocycles. The quantitative estimate of drug-likeness (QED) is 0.0279. The summed E-state index contributed by atoms with van der Waals surface area (Å²) in [5, 5.41) is 0. The van der Waals surface area contributed by atoms with Crippen molar-refractivity contribution in [3.63, 3.8) is 0 Å². The second-order valence-electron chi connectivity index (χ2n) is 15.2. The minimum atomic E-state index is -4.38. The molecule has 57 heavy (non-hydrogen) atoms. The minimum absolute atomic E-state index is 0.00256. The number of carbonyl (C=O) groups excluding carboxylic acids is 2. The van der Waals surface area contributed by atoms with Gasteiger partial charge in [0.05, 0.1) is 13.2 Å². The van der Waals surface area contributed by atoms with Crippen LogP contribution in [0.5, 0.6) is 0 Å². The van der Waals surface area contributed by atoms with Gasteiger partial charge < -0.3 is 19.3 Å². The van der Waals surface area contributed by atoms with Crippen molar-refractivity contribution in [2.75, 3.05) is 40.5 Å². The van der Waals surface area contributed by atoms with Crippen molar-refractivity contribution in [1.82, 2.24) is 4.90 Å². The molecule has 0 aliphatic heterocycles. The SMILES string of the molecule is CC/C=C\C/C=C\C/C=C\C/C=C\C/C=C\CCCC(=O)OCC(COP(=O)(O)OCCN(C)C)OC(=O)CCCCCCCCCCCCCCCCCCC. The van der Waals surface area contributed by atoms with Gasteiger partial charge in [-0.2, -0.15) is 0 Å². The molecule has 0 amide bonds. The molecule has 1 N–H and O–H groups in total. The first kappa shape index (κ1) is 54.7. The molecule has 0 fully saturated rings. The highest BCUT2D eigenvalue weighted by Crippen LogP contribution is 2.43. The lowest BCUT2D eigenvalue weighted by atomic mass is 10.0. The molecular weight excluding hydrogens is 737 g/mol. The molecule has 0 rings (SSSR count). The average Bonchev–Trinajstić information content (AvgIpc) is 3.18. The first-order valence-corrected chi connectivity index (χ1v) is 24.1. The van der Waals surface area contributed by atoms with E-state index in [4.69, 9.17) is 18.5 Å². The van der Waals surface area contributed by atoms with E-state index in [-0.39, 0.29) is 26.1 Å². The topological polar surface area (TPSA) is 112 Å². The van der Waals surface area contributed by atoms with Gasteiger partial charge in [-0.25, -0.2) is 4.57 Å². The van der Waals surface area contributed by atoms with Crippen molar-refractivity contribution in [1.29, 1.82) is 0 Å². The van der Waals surface area contributed by atoms with Crippen LogP contribution in [0.4, 0.5) is 0 Å². The van der Waals surface area contributed by atoms with Crippen molar-refractivity contribution < 1.29 is 37.6 Å². The molecule has 0 heterocycles. The largest absolute Gasteiger partial charge is 0.472 e.